The van der Waals surface area contributed by atoms with Crippen molar-refractivity contribution in [2.75, 3.05) is 0 Å². The average Bonchev–Trinajstić information content (AvgIpc) is 2.60. The zero-order valence-corrected chi connectivity index (χ0v) is 14.6. The quantitative estimate of drug-likeness (QED) is 0.930. The molecule has 1 aromatic carbocycles. The molecule has 0 aliphatic heterocycles. The second kappa shape index (κ2) is 7.20. The molecular weight excluding hydrogens is 300 g/mol. The Kier molecular flexibility index (Phi) is 5.03. The van der Waals surface area contributed by atoms with E-state index in [0.29, 0.717) is 12.1 Å². The molecule has 1 aromatic heterocycles. The maximum Gasteiger partial charge on any atom is 0.253 e. The smallest absolute Gasteiger partial charge is 0.253 e. The van der Waals surface area contributed by atoms with Gasteiger partial charge in [-0.2, -0.15) is 0 Å². The van der Waals surface area contributed by atoms with Crippen LogP contribution in [0.3, 0.4) is 0 Å². The number of H-pyrrole nitrogens is 1. The molecule has 1 N–H and O–H groups in total. The SMILES string of the molecule is CCc1ccc2[nH]c(=O)c(CN(C(C)=O)C3CCCCC3)cc2c1. The maximum absolute atomic E-state index is 12.4. The number of benzene rings is 1. The molecule has 2 aromatic rings. The van der Waals surface area contributed by atoms with E-state index in [2.05, 4.69) is 18.0 Å². The number of aryl methyl sites for hydroxylation is 1. The Balaban J connectivity index is 1.93. The fourth-order valence-electron chi connectivity index (χ4n) is 3.71. The number of carbonyl (C=O) groups is 1. The number of aromatic amines is 1. The van der Waals surface area contributed by atoms with Crippen LogP contribution in [0.25, 0.3) is 10.9 Å². The van der Waals surface area contributed by atoms with E-state index in [1.54, 1.807) is 6.92 Å². The highest BCUT2D eigenvalue weighted by Gasteiger charge is 2.24. The first kappa shape index (κ1) is 16.7. The lowest BCUT2D eigenvalue weighted by Gasteiger charge is -2.33. The summed E-state index contributed by atoms with van der Waals surface area (Å²) in [6.07, 6.45) is 6.64. The van der Waals surface area contributed by atoms with Crippen molar-refractivity contribution in [2.45, 2.75) is 65.0 Å². The Morgan fingerprint density at radius 3 is 2.62 bits per heavy atom. The lowest BCUT2D eigenvalue weighted by Crippen LogP contribution is -2.40. The molecule has 128 valence electrons. The Morgan fingerprint density at radius 2 is 1.96 bits per heavy atom. The van der Waals surface area contributed by atoms with E-state index in [0.717, 1.165) is 30.2 Å². The van der Waals surface area contributed by atoms with Crippen LogP contribution in [0.15, 0.2) is 29.1 Å². The van der Waals surface area contributed by atoms with Gasteiger partial charge in [0.25, 0.3) is 5.56 Å². The van der Waals surface area contributed by atoms with Gasteiger partial charge in [0, 0.05) is 24.0 Å². The molecule has 0 spiro atoms. The van der Waals surface area contributed by atoms with Gasteiger partial charge in [-0.05, 0) is 48.4 Å². The van der Waals surface area contributed by atoms with Crippen molar-refractivity contribution in [3.63, 3.8) is 0 Å². The van der Waals surface area contributed by atoms with Crippen LogP contribution in [0.2, 0.25) is 0 Å². The van der Waals surface area contributed by atoms with Gasteiger partial charge in [0.05, 0.1) is 6.54 Å². The molecule has 1 saturated carbocycles. The number of nitrogens with one attached hydrogen (secondary N) is 1. The summed E-state index contributed by atoms with van der Waals surface area (Å²) in [5, 5.41) is 1.04. The largest absolute Gasteiger partial charge is 0.335 e. The monoisotopic (exact) mass is 326 g/mol. The highest BCUT2D eigenvalue weighted by atomic mass is 16.2. The predicted molar refractivity (Wildman–Crippen MR) is 97.0 cm³/mol. The van der Waals surface area contributed by atoms with E-state index in [-0.39, 0.29) is 17.5 Å². The summed E-state index contributed by atoms with van der Waals surface area (Å²) in [4.78, 5) is 29.4. The van der Waals surface area contributed by atoms with Crippen molar-refractivity contribution in [3.05, 3.63) is 45.7 Å². The second-order valence-corrected chi connectivity index (χ2v) is 6.84. The van der Waals surface area contributed by atoms with Crippen molar-refractivity contribution < 1.29 is 4.79 Å². The Labute approximate surface area is 142 Å². The van der Waals surface area contributed by atoms with E-state index < -0.39 is 0 Å². The minimum Gasteiger partial charge on any atom is -0.335 e. The van der Waals surface area contributed by atoms with Crippen LogP contribution in [0.5, 0.6) is 0 Å². The van der Waals surface area contributed by atoms with Crippen LogP contribution < -0.4 is 5.56 Å². The maximum atomic E-state index is 12.4. The zero-order valence-electron chi connectivity index (χ0n) is 14.6. The van der Waals surface area contributed by atoms with E-state index in [1.807, 2.05) is 23.1 Å². The van der Waals surface area contributed by atoms with Crippen molar-refractivity contribution in [2.24, 2.45) is 0 Å². The van der Waals surface area contributed by atoms with Crippen molar-refractivity contribution in [3.8, 4) is 0 Å². The Bertz CT molecular complexity index is 788. The Morgan fingerprint density at radius 1 is 1.21 bits per heavy atom. The van der Waals surface area contributed by atoms with Crippen LogP contribution in [-0.2, 0) is 17.8 Å². The molecule has 1 fully saturated rings. The number of carbonyl (C=O) groups excluding carboxylic acids is 1. The first-order chi connectivity index (χ1) is 11.6. The zero-order chi connectivity index (χ0) is 17.1. The summed E-state index contributed by atoms with van der Waals surface area (Å²) in [5.41, 5.74) is 2.69. The first-order valence-corrected chi connectivity index (χ1v) is 9.00. The van der Waals surface area contributed by atoms with Gasteiger partial charge in [-0.25, -0.2) is 0 Å². The molecule has 4 nitrogen and oxygen atoms in total. The van der Waals surface area contributed by atoms with Gasteiger partial charge < -0.3 is 9.88 Å². The van der Waals surface area contributed by atoms with E-state index >= 15 is 0 Å². The van der Waals surface area contributed by atoms with Gasteiger partial charge in [-0.3, -0.25) is 9.59 Å². The molecule has 4 heteroatoms. The van der Waals surface area contributed by atoms with Gasteiger partial charge in [-0.15, -0.1) is 0 Å². The number of rotatable bonds is 4. The van der Waals surface area contributed by atoms with Crippen LogP contribution in [0.4, 0.5) is 0 Å². The van der Waals surface area contributed by atoms with Crippen molar-refractivity contribution in [1.82, 2.24) is 9.88 Å². The average molecular weight is 326 g/mol. The number of amides is 1. The molecule has 24 heavy (non-hydrogen) atoms. The molecule has 1 amide bonds. The third-order valence-electron chi connectivity index (χ3n) is 5.15. The number of pyridine rings is 1. The highest BCUT2D eigenvalue weighted by Crippen LogP contribution is 2.24. The predicted octanol–water partition coefficient (Wildman–Crippen LogP) is 3.77. The number of fused-ring (bicyclic) bond motifs is 1. The molecule has 0 saturated heterocycles. The van der Waals surface area contributed by atoms with Gasteiger partial charge in [0.15, 0.2) is 0 Å². The van der Waals surface area contributed by atoms with Crippen LogP contribution in [0.1, 0.15) is 57.1 Å². The number of nitrogens with zero attached hydrogens (tertiary/aromatic N) is 1. The fourth-order valence-corrected chi connectivity index (χ4v) is 3.71. The highest BCUT2D eigenvalue weighted by molar-refractivity contribution is 5.80. The first-order valence-electron chi connectivity index (χ1n) is 9.00. The van der Waals surface area contributed by atoms with Gasteiger partial charge in [-0.1, -0.05) is 32.3 Å². The number of hydrogen-bond acceptors (Lipinski definition) is 2. The van der Waals surface area contributed by atoms with Crippen LogP contribution >= 0.6 is 0 Å². The van der Waals surface area contributed by atoms with E-state index in [9.17, 15) is 9.59 Å². The molecular formula is C20H26N2O2. The third kappa shape index (κ3) is 3.53. The summed E-state index contributed by atoms with van der Waals surface area (Å²) < 4.78 is 0. The summed E-state index contributed by atoms with van der Waals surface area (Å²) in [5.74, 6) is 0.0590. The van der Waals surface area contributed by atoms with Gasteiger partial charge in [0.1, 0.15) is 0 Å². The topological polar surface area (TPSA) is 53.2 Å². The summed E-state index contributed by atoms with van der Waals surface area (Å²) in [6, 6.07) is 8.35. The normalized spacial score (nSPS) is 15.6. The summed E-state index contributed by atoms with van der Waals surface area (Å²) in [7, 11) is 0. The molecule has 1 aliphatic rings. The van der Waals surface area contributed by atoms with Crippen molar-refractivity contribution in [1.29, 1.82) is 0 Å². The van der Waals surface area contributed by atoms with Crippen LogP contribution in [0, 0.1) is 0 Å². The molecule has 0 unspecified atom stereocenters. The Hall–Kier alpha value is -2.10. The molecule has 0 radical (unpaired) electrons. The third-order valence-corrected chi connectivity index (χ3v) is 5.15. The lowest BCUT2D eigenvalue weighted by atomic mass is 9.93. The standard InChI is InChI=1S/C20H26N2O2/c1-3-15-9-10-19-16(11-15)12-17(20(24)21-19)13-22(14(2)23)18-7-5-4-6-8-18/h9-12,18H,3-8,13H2,1-2H3,(H,21,24). The van der Waals surface area contributed by atoms with Gasteiger partial charge in [0.2, 0.25) is 5.91 Å². The summed E-state index contributed by atoms with van der Waals surface area (Å²) >= 11 is 0. The second-order valence-electron chi connectivity index (χ2n) is 6.84. The molecule has 3 rings (SSSR count). The number of aromatic nitrogens is 1. The molecule has 1 aliphatic carbocycles. The minimum atomic E-state index is -0.0891. The van der Waals surface area contributed by atoms with Crippen LogP contribution in [-0.4, -0.2) is 21.8 Å². The molecule has 1 heterocycles. The molecule has 0 atom stereocenters. The number of hydrogen-bond donors (Lipinski definition) is 1. The summed E-state index contributed by atoms with van der Waals surface area (Å²) in [6.45, 7) is 4.13. The minimum absolute atomic E-state index is 0.0590. The van der Waals surface area contributed by atoms with E-state index in [4.69, 9.17) is 0 Å². The lowest BCUT2D eigenvalue weighted by molar-refractivity contribution is -0.132. The molecule has 0 bridgehead atoms. The van der Waals surface area contributed by atoms with E-state index in [1.165, 1.54) is 24.8 Å². The van der Waals surface area contributed by atoms with Gasteiger partial charge >= 0.3 is 0 Å². The fraction of sp³-hybridized carbons (Fsp3) is 0.500. The van der Waals surface area contributed by atoms with Crippen molar-refractivity contribution >= 4 is 16.8 Å².